The van der Waals surface area contributed by atoms with Gasteiger partial charge in [-0.15, -0.1) is 11.3 Å². The Morgan fingerprint density at radius 3 is 2.74 bits per heavy atom. The number of aromatic nitrogens is 2. The van der Waals surface area contributed by atoms with Crippen molar-refractivity contribution in [3.05, 3.63) is 34.3 Å². The molecule has 2 N–H and O–H groups in total. The van der Waals surface area contributed by atoms with Crippen LogP contribution in [0.15, 0.2) is 24.4 Å². The Morgan fingerprint density at radius 2 is 2.05 bits per heavy atom. The fourth-order valence-corrected chi connectivity index (χ4v) is 3.92. The summed E-state index contributed by atoms with van der Waals surface area (Å²) in [6, 6.07) is 6.01. The lowest BCUT2D eigenvalue weighted by Gasteiger charge is -2.21. The Bertz CT molecular complexity index is 530. The van der Waals surface area contributed by atoms with Crippen molar-refractivity contribution in [2.24, 2.45) is 5.73 Å². The summed E-state index contributed by atoms with van der Waals surface area (Å²) in [6.07, 6.45) is 8.45. The van der Waals surface area contributed by atoms with Gasteiger partial charge in [0, 0.05) is 17.6 Å². The average molecular weight is 273 g/mol. The summed E-state index contributed by atoms with van der Waals surface area (Å²) in [5, 5.41) is 1.03. The molecule has 0 spiro atoms. The van der Waals surface area contributed by atoms with Gasteiger partial charge < -0.3 is 5.73 Å². The minimum absolute atomic E-state index is 0.525. The normalized spacial score (nSPS) is 16.7. The zero-order chi connectivity index (χ0) is 13.1. The second kappa shape index (κ2) is 5.80. The molecular weight excluding hydrogens is 254 g/mol. The molecule has 0 aromatic carbocycles. The monoisotopic (exact) mass is 273 g/mol. The van der Waals surface area contributed by atoms with Crippen LogP contribution in [0.3, 0.4) is 0 Å². The van der Waals surface area contributed by atoms with Crippen LogP contribution in [0.4, 0.5) is 0 Å². The van der Waals surface area contributed by atoms with Gasteiger partial charge in [-0.05, 0) is 30.9 Å². The van der Waals surface area contributed by atoms with Crippen LogP contribution in [0.1, 0.15) is 47.9 Å². The Kier molecular flexibility index (Phi) is 3.89. The third-order valence-electron chi connectivity index (χ3n) is 3.76. The van der Waals surface area contributed by atoms with Gasteiger partial charge >= 0.3 is 0 Å². The predicted molar refractivity (Wildman–Crippen MR) is 79.1 cm³/mol. The summed E-state index contributed by atoms with van der Waals surface area (Å²) < 4.78 is 0. The van der Waals surface area contributed by atoms with E-state index >= 15 is 0 Å². The van der Waals surface area contributed by atoms with E-state index in [-0.39, 0.29) is 0 Å². The Balaban J connectivity index is 2.00. The third-order valence-corrected chi connectivity index (χ3v) is 5.00. The number of thiazole rings is 1. The largest absolute Gasteiger partial charge is 0.325 e. The van der Waals surface area contributed by atoms with Crippen molar-refractivity contribution in [2.75, 3.05) is 0 Å². The first-order valence-corrected chi connectivity index (χ1v) is 7.81. The minimum atomic E-state index is 0.525. The summed E-state index contributed by atoms with van der Waals surface area (Å²) >= 11 is 1.78. The molecule has 0 bridgehead atoms. The summed E-state index contributed by atoms with van der Waals surface area (Å²) in [6.45, 7) is 0.525. The first-order valence-electron chi connectivity index (χ1n) is 6.99. The molecule has 0 unspecified atom stereocenters. The molecule has 3 nitrogen and oxygen atoms in total. The molecule has 1 aliphatic carbocycles. The molecular formula is C15H19N3S. The van der Waals surface area contributed by atoms with Crippen molar-refractivity contribution < 1.29 is 0 Å². The lowest BCUT2D eigenvalue weighted by atomic mass is 9.87. The SMILES string of the molecule is NCc1nc(-c2ccccn2)c(C2CCCCC2)s1. The van der Waals surface area contributed by atoms with Crippen molar-refractivity contribution >= 4 is 11.3 Å². The molecule has 0 amide bonds. The highest BCUT2D eigenvalue weighted by atomic mass is 32.1. The topological polar surface area (TPSA) is 51.8 Å². The molecule has 0 saturated heterocycles. The maximum absolute atomic E-state index is 5.77. The van der Waals surface area contributed by atoms with Gasteiger partial charge in [0.1, 0.15) is 10.7 Å². The molecule has 0 radical (unpaired) electrons. The van der Waals surface area contributed by atoms with E-state index < -0.39 is 0 Å². The molecule has 3 rings (SSSR count). The highest BCUT2D eigenvalue weighted by Gasteiger charge is 2.23. The fraction of sp³-hybridized carbons (Fsp3) is 0.467. The number of hydrogen-bond acceptors (Lipinski definition) is 4. The second-order valence-corrected chi connectivity index (χ2v) is 6.19. The van der Waals surface area contributed by atoms with E-state index in [2.05, 4.69) is 4.98 Å². The van der Waals surface area contributed by atoms with Crippen molar-refractivity contribution in [3.8, 4) is 11.4 Å². The summed E-state index contributed by atoms with van der Waals surface area (Å²) in [7, 11) is 0. The molecule has 0 atom stereocenters. The lowest BCUT2D eigenvalue weighted by molar-refractivity contribution is 0.448. The molecule has 1 fully saturated rings. The van der Waals surface area contributed by atoms with E-state index in [1.165, 1.54) is 37.0 Å². The van der Waals surface area contributed by atoms with Crippen molar-refractivity contribution in [2.45, 2.75) is 44.6 Å². The standard InChI is InChI=1S/C15H19N3S/c16-10-13-18-14(12-8-4-5-9-17-12)15(19-13)11-6-2-1-3-7-11/h4-5,8-9,11H,1-3,6-7,10,16H2. The van der Waals surface area contributed by atoms with Crippen molar-refractivity contribution in [1.29, 1.82) is 0 Å². The van der Waals surface area contributed by atoms with Gasteiger partial charge in [0.05, 0.1) is 5.69 Å². The van der Waals surface area contributed by atoms with Gasteiger partial charge in [-0.3, -0.25) is 4.98 Å². The molecule has 4 heteroatoms. The van der Waals surface area contributed by atoms with Gasteiger partial charge in [-0.25, -0.2) is 4.98 Å². The van der Waals surface area contributed by atoms with Crippen LogP contribution >= 0.6 is 11.3 Å². The number of nitrogens with zero attached hydrogens (tertiary/aromatic N) is 2. The van der Waals surface area contributed by atoms with Gasteiger partial charge in [-0.1, -0.05) is 25.3 Å². The molecule has 2 aromatic rings. The molecule has 0 aliphatic heterocycles. The van der Waals surface area contributed by atoms with E-state index in [4.69, 9.17) is 10.7 Å². The van der Waals surface area contributed by atoms with E-state index in [0.717, 1.165) is 16.4 Å². The maximum atomic E-state index is 5.77. The van der Waals surface area contributed by atoms with E-state index in [9.17, 15) is 0 Å². The number of pyridine rings is 1. The Morgan fingerprint density at radius 1 is 1.21 bits per heavy atom. The fourth-order valence-electron chi connectivity index (χ4n) is 2.79. The Labute approximate surface area is 117 Å². The quantitative estimate of drug-likeness (QED) is 0.927. The van der Waals surface area contributed by atoms with Gasteiger partial charge in [0.25, 0.3) is 0 Å². The smallest absolute Gasteiger partial charge is 0.107 e. The molecule has 19 heavy (non-hydrogen) atoms. The van der Waals surface area contributed by atoms with Crippen LogP contribution in [0.5, 0.6) is 0 Å². The van der Waals surface area contributed by atoms with Crippen LogP contribution in [0, 0.1) is 0 Å². The van der Waals surface area contributed by atoms with Crippen LogP contribution in [0.2, 0.25) is 0 Å². The zero-order valence-electron chi connectivity index (χ0n) is 11.0. The number of rotatable bonds is 3. The number of nitrogens with two attached hydrogens (primary N) is 1. The van der Waals surface area contributed by atoms with E-state index in [0.29, 0.717) is 12.5 Å². The Hall–Kier alpha value is -1.26. The first-order chi connectivity index (χ1) is 9.38. The second-order valence-electron chi connectivity index (χ2n) is 5.07. The lowest BCUT2D eigenvalue weighted by Crippen LogP contribution is -2.04. The van der Waals surface area contributed by atoms with Crippen molar-refractivity contribution in [1.82, 2.24) is 9.97 Å². The van der Waals surface area contributed by atoms with E-state index in [1.807, 2.05) is 24.4 Å². The zero-order valence-corrected chi connectivity index (χ0v) is 11.8. The third kappa shape index (κ3) is 2.69. The van der Waals surface area contributed by atoms with Crippen LogP contribution in [-0.4, -0.2) is 9.97 Å². The minimum Gasteiger partial charge on any atom is -0.325 e. The average Bonchev–Trinajstić information content (AvgIpc) is 2.93. The molecule has 100 valence electrons. The van der Waals surface area contributed by atoms with E-state index in [1.54, 1.807) is 11.3 Å². The maximum Gasteiger partial charge on any atom is 0.107 e. The van der Waals surface area contributed by atoms with Gasteiger partial charge in [0.15, 0.2) is 0 Å². The highest BCUT2D eigenvalue weighted by Crippen LogP contribution is 2.40. The summed E-state index contributed by atoms with van der Waals surface area (Å²) in [5.74, 6) is 0.656. The van der Waals surface area contributed by atoms with Crippen molar-refractivity contribution in [3.63, 3.8) is 0 Å². The molecule has 2 aromatic heterocycles. The molecule has 1 aliphatic rings. The van der Waals surface area contributed by atoms with Crippen LogP contribution in [0.25, 0.3) is 11.4 Å². The predicted octanol–water partition coefficient (Wildman–Crippen LogP) is 3.71. The summed E-state index contributed by atoms with van der Waals surface area (Å²) in [4.78, 5) is 10.6. The molecule has 2 heterocycles. The van der Waals surface area contributed by atoms with Gasteiger partial charge in [0.2, 0.25) is 0 Å². The highest BCUT2D eigenvalue weighted by molar-refractivity contribution is 7.12. The first kappa shape index (κ1) is 12.8. The summed E-state index contributed by atoms with van der Waals surface area (Å²) in [5.41, 5.74) is 7.82. The number of hydrogen-bond donors (Lipinski definition) is 1. The van der Waals surface area contributed by atoms with Crippen LogP contribution < -0.4 is 5.73 Å². The van der Waals surface area contributed by atoms with Gasteiger partial charge in [-0.2, -0.15) is 0 Å². The van der Waals surface area contributed by atoms with Crippen LogP contribution in [-0.2, 0) is 6.54 Å². The molecule has 1 saturated carbocycles.